The van der Waals surface area contributed by atoms with Gasteiger partial charge in [0.2, 0.25) is 11.6 Å². The van der Waals surface area contributed by atoms with Crippen molar-refractivity contribution in [3.05, 3.63) is 46.3 Å². The number of nitro groups is 1. The molecule has 1 aromatic carbocycles. The van der Waals surface area contributed by atoms with Crippen LogP contribution in [0.15, 0.2) is 30.6 Å². The number of anilines is 3. The van der Waals surface area contributed by atoms with E-state index in [1.807, 2.05) is 24.3 Å². The first-order valence-electron chi connectivity index (χ1n) is 6.41. The average molecular weight is 287 g/mol. The second-order valence-electron chi connectivity index (χ2n) is 5.67. The van der Waals surface area contributed by atoms with Gasteiger partial charge in [-0.3, -0.25) is 10.1 Å². The summed E-state index contributed by atoms with van der Waals surface area (Å²) in [6.07, 6.45) is 1.19. The maximum atomic E-state index is 11.0. The van der Waals surface area contributed by atoms with Crippen LogP contribution in [0.25, 0.3) is 0 Å². The summed E-state index contributed by atoms with van der Waals surface area (Å²) in [6.45, 7) is 6.35. The van der Waals surface area contributed by atoms with Gasteiger partial charge in [0.15, 0.2) is 0 Å². The van der Waals surface area contributed by atoms with E-state index in [0.717, 1.165) is 0 Å². The molecule has 2 aromatic rings. The van der Waals surface area contributed by atoms with Crippen molar-refractivity contribution in [3.8, 4) is 0 Å². The van der Waals surface area contributed by atoms with Crippen molar-refractivity contribution in [2.75, 3.05) is 11.1 Å². The highest BCUT2D eigenvalue weighted by molar-refractivity contribution is 5.72. The van der Waals surface area contributed by atoms with Crippen LogP contribution in [0, 0.1) is 10.1 Å². The Kier molecular flexibility index (Phi) is 3.75. The van der Waals surface area contributed by atoms with Crippen molar-refractivity contribution in [3.63, 3.8) is 0 Å². The molecule has 0 radical (unpaired) electrons. The van der Waals surface area contributed by atoms with Crippen molar-refractivity contribution in [2.24, 2.45) is 0 Å². The van der Waals surface area contributed by atoms with Crippen LogP contribution in [0.3, 0.4) is 0 Å². The van der Waals surface area contributed by atoms with E-state index >= 15 is 0 Å². The van der Waals surface area contributed by atoms with E-state index in [1.54, 1.807) is 0 Å². The van der Waals surface area contributed by atoms with Gasteiger partial charge in [0, 0.05) is 5.69 Å². The Hall–Kier alpha value is -2.70. The van der Waals surface area contributed by atoms with Crippen molar-refractivity contribution in [1.82, 2.24) is 9.97 Å². The Bertz CT molecular complexity index is 662. The molecule has 0 bridgehead atoms. The second-order valence-corrected chi connectivity index (χ2v) is 5.67. The van der Waals surface area contributed by atoms with Gasteiger partial charge < -0.3 is 11.1 Å². The summed E-state index contributed by atoms with van der Waals surface area (Å²) >= 11 is 0. The highest BCUT2D eigenvalue weighted by Crippen LogP contribution is 2.30. The lowest BCUT2D eigenvalue weighted by molar-refractivity contribution is -0.383. The number of nitrogens with one attached hydrogen (secondary N) is 1. The molecule has 0 amide bonds. The third-order valence-electron chi connectivity index (χ3n) is 3.05. The molecule has 1 heterocycles. The molecule has 0 aliphatic carbocycles. The number of benzene rings is 1. The van der Waals surface area contributed by atoms with Gasteiger partial charge in [-0.2, -0.15) is 0 Å². The second kappa shape index (κ2) is 5.35. The molecule has 0 fully saturated rings. The van der Waals surface area contributed by atoms with E-state index in [9.17, 15) is 10.1 Å². The van der Waals surface area contributed by atoms with Gasteiger partial charge in [0.25, 0.3) is 0 Å². The molecule has 0 saturated carbocycles. The van der Waals surface area contributed by atoms with E-state index in [0.29, 0.717) is 5.69 Å². The van der Waals surface area contributed by atoms with Crippen molar-refractivity contribution < 1.29 is 4.92 Å². The zero-order valence-corrected chi connectivity index (χ0v) is 12.1. The van der Waals surface area contributed by atoms with Gasteiger partial charge in [-0.15, -0.1) is 0 Å². The SMILES string of the molecule is CC(C)(C)c1ccc(Nc2ncnc(N)c2[N+](=O)[O-])cc1. The molecule has 110 valence electrons. The predicted molar refractivity (Wildman–Crippen MR) is 81.5 cm³/mol. The molecule has 0 aliphatic rings. The molecular formula is C14H17N5O2. The molecular weight excluding hydrogens is 270 g/mol. The molecule has 0 aliphatic heterocycles. The van der Waals surface area contributed by atoms with Crippen molar-refractivity contribution in [2.45, 2.75) is 26.2 Å². The van der Waals surface area contributed by atoms with E-state index in [2.05, 4.69) is 36.1 Å². The molecule has 0 unspecified atom stereocenters. The van der Waals surface area contributed by atoms with Gasteiger partial charge in [0.05, 0.1) is 4.92 Å². The molecule has 0 saturated heterocycles. The number of rotatable bonds is 3. The van der Waals surface area contributed by atoms with Gasteiger partial charge in [-0.05, 0) is 23.1 Å². The first kappa shape index (κ1) is 14.7. The lowest BCUT2D eigenvalue weighted by atomic mass is 9.87. The Morgan fingerprint density at radius 2 is 1.81 bits per heavy atom. The summed E-state index contributed by atoms with van der Waals surface area (Å²) in [6, 6.07) is 7.64. The summed E-state index contributed by atoms with van der Waals surface area (Å²) in [5.41, 5.74) is 7.12. The normalized spacial score (nSPS) is 11.2. The van der Waals surface area contributed by atoms with Crippen LogP contribution in [0.5, 0.6) is 0 Å². The van der Waals surface area contributed by atoms with Gasteiger partial charge in [0.1, 0.15) is 6.33 Å². The fraction of sp³-hybridized carbons (Fsp3) is 0.286. The zero-order chi connectivity index (χ0) is 15.6. The third kappa shape index (κ3) is 3.25. The number of aromatic nitrogens is 2. The van der Waals surface area contributed by atoms with Crippen molar-refractivity contribution in [1.29, 1.82) is 0 Å². The van der Waals surface area contributed by atoms with E-state index in [1.165, 1.54) is 11.9 Å². The van der Waals surface area contributed by atoms with E-state index in [-0.39, 0.29) is 22.7 Å². The number of hydrogen-bond acceptors (Lipinski definition) is 6. The Labute approximate surface area is 122 Å². The Morgan fingerprint density at radius 3 is 2.33 bits per heavy atom. The standard InChI is InChI=1S/C14H17N5O2/c1-14(2,3)9-4-6-10(7-5-9)18-13-11(19(20)21)12(15)16-8-17-13/h4-8H,1-3H3,(H3,15,16,17,18). The molecule has 1 aromatic heterocycles. The smallest absolute Gasteiger partial charge is 0.353 e. The third-order valence-corrected chi connectivity index (χ3v) is 3.05. The largest absolute Gasteiger partial charge is 0.378 e. The monoisotopic (exact) mass is 287 g/mol. The minimum Gasteiger partial charge on any atom is -0.378 e. The first-order chi connectivity index (χ1) is 9.79. The molecule has 7 nitrogen and oxygen atoms in total. The fourth-order valence-corrected chi connectivity index (χ4v) is 1.85. The van der Waals surface area contributed by atoms with Crippen LogP contribution >= 0.6 is 0 Å². The maximum Gasteiger partial charge on any atom is 0.353 e. The van der Waals surface area contributed by atoms with Crippen LogP contribution in [0.2, 0.25) is 0 Å². The number of nitrogens with zero attached hydrogens (tertiary/aromatic N) is 3. The highest BCUT2D eigenvalue weighted by Gasteiger charge is 2.21. The molecule has 0 spiro atoms. The van der Waals surface area contributed by atoms with Crippen LogP contribution in [0.1, 0.15) is 26.3 Å². The molecule has 21 heavy (non-hydrogen) atoms. The average Bonchev–Trinajstić information content (AvgIpc) is 2.38. The van der Waals surface area contributed by atoms with Gasteiger partial charge in [-0.25, -0.2) is 9.97 Å². The van der Waals surface area contributed by atoms with Crippen LogP contribution in [0.4, 0.5) is 23.0 Å². The Balaban J connectivity index is 2.31. The lowest BCUT2D eigenvalue weighted by Crippen LogP contribution is -2.10. The topological polar surface area (TPSA) is 107 Å². The molecule has 2 rings (SSSR count). The first-order valence-corrected chi connectivity index (χ1v) is 6.41. The minimum absolute atomic E-state index is 0.0455. The Morgan fingerprint density at radius 1 is 1.19 bits per heavy atom. The van der Waals surface area contributed by atoms with Crippen LogP contribution in [-0.4, -0.2) is 14.9 Å². The summed E-state index contributed by atoms with van der Waals surface area (Å²) in [4.78, 5) is 17.9. The summed E-state index contributed by atoms with van der Waals surface area (Å²) in [7, 11) is 0. The van der Waals surface area contributed by atoms with E-state index < -0.39 is 4.92 Å². The number of nitrogens with two attached hydrogens (primary N) is 1. The van der Waals surface area contributed by atoms with Crippen LogP contribution < -0.4 is 11.1 Å². The summed E-state index contributed by atoms with van der Waals surface area (Å²) in [5, 5.41) is 13.9. The van der Waals surface area contributed by atoms with Crippen LogP contribution in [-0.2, 0) is 5.41 Å². The number of hydrogen-bond donors (Lipinski definition) is 2. The van der Waals surface area contributed by atoms with Gasteiger partial charge >= 0.3 is 5.69 Å². The quantitative estimate of drug-likeness (QED) is 0.663. The van der Waals surface area contributed by atoms with E-state index in [4.69, 9.17) is 5.73 Å². The summed E-state index contributed by atoms with van der Waals surface area (Å²) < 4.78 is 0. The zero-order valence-electron chi connectivity index (χ0n) is 12.1. The lowest BCUT2D eigenvalue weighted by Gasteiger charge is -2.19. The van der Waals surface area contributed by atoms with Gasteiger partial charge in [-0.1, -0.05) is 32.9 Å². The molecule has 0 atom stereocenters. The highest BCUT2D eigenvalue weighted by atomic mass is 16.6. The van der Waals surface area contributed by atoms with Crippen molar-refractivity contribution >= 4 is 23.0 Å². The fourth-order valence-electron chi connectivity index (χ4n) is 1.85. The molecule has 3 N–H and O–H groups in total. The minimum atomic E-state index is -0.596. The number of nitrogen functional groups attached to an aromatic ring is 1. The predicted octanol–water partition coefficient (Wildman–Crippen LogP) is 3.01. The maximum absolute atomic E-state index is 11.0. The summed E-state index contributed by atoms with van der Waals surface area (Å²) in [5.74, 6) is -0.0835. The molecule has 7 heteroatoms.